The van der Waals surface area contributed by atoms with Crippen molar-refractivity contribution in [1.82, 2.24) is 0 Å². The summed E-state index contributed by atoms with van der Waals surface area (Å²) in [6.45, 7) is 5.73. The molecular formula is C15H21Cl2NO2. The second-order valence-corrected chi connectivity index (χ2v) is 5.54. The Labute approximate surface area is 130 Å². The molecule has 0 bridgehead atoms. The average molecular weight is 318 g/mol. The third-order valence-corrected chi connectivity index (χ3v) is 3.07. The van der Waals surface area contributed by atoms with E-state index in [1.807, 2.05) is 26.0 Å². The molecule has 0 aromatic heterocycles. The van der Waals surface area contributed by atoms with E-state index in [1.54, 1.807) is 6.08 Å². The van der Waals surface area contributed by atoms with Crippen LogP contribution in [0.4, 0.5) is 0 Å². The van der Waals surface area contributed by atoms with Gasteiger partial charge in [-0.3, -0.25) is 0 Å². The van der Waals surface area contributed by atoms with Crippen LogP contribution in [-0.2, 0) is 0 Å². The minimum atomic E-state index is 0.207. The molecule has 1 rings (SSSR count). The van der Waals surface area contributed by atoms with Crippen LogP contribution >= 0.6 is 23.2 Å². The van der Waals surface area contributed by atoms with Crippen LogP contribution in [0.2, 0.25) is 0 Å². The molecule has 20 heavy (non-hydrogen) atoms. The van der Waals surface area contributed by atoms with Crippen LogP contribution < -0.4 is 15.2 Å². The van der Waals surface area contributed by atoms with Crippen molar-refractivity contribution in [3.8, 4) is 11.5 Å². The van der Waals surface area contributed by atoms with Gasteiger partial charge in [-0.2, -0.15) is 0 Å². The number of nitrogens with two attached hydrogens (primary N) is 1. The molecular weight excluding hydrogens is 297 g/mol. The summed E-state index contributed by atoms with van der Waals surface area (Å²) in [7, 11) is 0. The molecule has 112 valence electrons. The van der Waals surface area contributed by atoms with Crippen LogP contribution in [0, 0.1) is 13.8 Å². The summed E-state index contributed by atoms with van der Waals surface area (Å²) in [4.78, 5) is 0. The standard InChI is InChI=1S/C15H21Cl2NO2/c1-11-9-13(19-8-5-14(16)17)10-12(2)15(11)20-7-4-3-6-18/h5,9-10H,3-4,6-8,18H2,1-2H3. The molecule has 5 heteroatoms. The molecule has 0 heterocycles. The van der Waals surface area contributed by atoms with E-state index in [1.165, 1.54) is 0 Å². The topological polar surface area (TPSA) is 44.5 Å². The maximum Gasteiger partial charge on any atom is 0.125 e. The Morgan fingerprint density at radius 2 is 1.80 bits per heavy atom. The molecule has 2 N–H and O–H groups in total. The quantitative estimate of drug-likeness (QED) is 0.733. The van der Waals surface area contributed by atoms with Crippen molar-refractivity contribution in [3.63, 3.8) is 0 Å². The van der Waals surface area contributed by atoms with Crippen molar-refractivity contribution in [2.45, 2.75) is 26.7 Å². The first-order valence-corrected chi connectivity index (χ1v) is 7.38. The predicted molar refractivity (Wildman–Crippen MR) is 85.0 cm³/mol. The Balaban J connectivity index is 2.63. The maximum absolute atomic E-state index is 5.80. The second kappa shape index (κ2) is 9.11. The smallest absolute Gasteiger partial charge is 0.125 e. The molecule has 0 amide bonds. The summed E-state index contributed by atoms with van der Waals surface area (Å²) < 4.78 is 11.6. The summed E-state index contributed by atoms with van der Waals surface area (Å²) in [5.74, 6) is 1.69. The first-order valence-electron chi connectivity index (χ1n) is 6.62. The Morgan fingerprint density at radius 1 is 1.15 bits per heavy atom. The number of aryl methyl sites for hydroxylation is 2. The normalized spacial score (nSPS) is 10.2. The number of hydrogen-bond donors (Lipinski definition) is 1. The highest BCUT2D eigenvalue weighted by Crippen LogP contribution is 2.28. The van der Waals surface area contributed by atoms with E-state index in [-0.39, 0.29) is 4.49 Å². The third kappa shape index (κ3) is 6.04. The van der Waals surface area contributed by atoms with Gasteiger partial charge in [-0.25, -0.2) is 0 Å². The summed E-state index contributed by atoms with van der Waals surface area (Å²) in [5, 5.41) is 0. The van der Waals surface area contributed by atoms with Crippen LogP contribution in [0.25, 0.3) is 0 Å². The van der Waals surface area contributed by atoms with Crippen LogP contribution in [0.1, 0.15) is 24.0 Å². The van der Waals surface area contributed by atoms with Gasteiger partial charge in [0.15, 0.2) is 0 Å². The minimum Gasteiger partial charge on any atom is -0.493 e. The SMILES string of the molecule is Cc1cc(OCC=C(Cl)Cl)cc(C)c1OCCCCN. The van der Waals surface area contributed by atoms with E-state index in [4.69, 9.17) is 38.4 Å². The third-order valence-electron chi connectivity index (χ3n) is 2.77. The number of benzene rings is 1. The monoisotopic (exact) mass is 317 g/mol. The fraction of sp³-hybridized carbons (Fsp3) is 0.467. The lowest BCUT2D eigenvalue weighted by Crippen LogP contribution is -2.05. The fourth-order valence-electron chi connectivity index (χ4n) is 1.84. The molecule has 0 saturated heterocycles. The van der Waals surface area contributed by atoms with Crippen molar-refractivity contribution in [2.75, 3.05) is 19.8 Å². The molecule has 3 nitrogen and oxygen atoms in total. The number of unbranched alkanes of at least 4 members (excludes halogenated alkanes) is 1. The van der Waals surface area contributed by atoms with E-state index >= 15 is 0 Å². The summed E-state index contributed by atoms with van der Waals surface area (Å²) >= 11 is 11.1. The molecule has 0 aliphatic heterocycles. The Hall–Kier alpha value is -0.900. The first-order chi connectivity index (χ1) is 9.54. The van der Waals surface area contributed by atoms with Crippen molar-refractivity contribution in [2.24, 2.45) is 5.73 Å². The number of rotatable bonds is 8. The van der Waals surface area contributed by atoms with Gasteiger partial charge in [0.25, 0.3) is 0 Å². The van der Waals surface area contributed by atoms with Crippen LogP contribution in [0.3, 0.4) is 0 Å². The first kappa shape index (κ1) is 17.2. The van der Waals surface area contributed by atoms with Crippen molar-refractivity contribution >= 4 is 23.2 Å². The molecule has 1 aromatic carbocycles. The number of halogens is 2. The van der Waals surface area contributed by atoms with Gasteiger partial charge < -0.3 is 15.2 Å². The molecule has 0 atom stereocenters. The molecule has 0 fully saturated rings. The van der Waals surface area contributed by atoms with E-state index < -0.39 is 0 Å². The van der Waals surface area contributed by atoms with Crippen molar-refractivity contribution < 1.29 is 9.47 Å². The van der Waals surface area contributed by atoms with Crippen LogP contribution in [0.15, 0.2) is 22.7 Å². The lowest BCUT2D eigenvalue weighted by Gasteiger charge is -2.14. The Morgan fingerprint density at radius 3 is 2.35 bits per heavy atom. The zero-order valence-corrected chi connectivity index (χ0v) is 13.4. The highest BCUT2D eigenvalue weighted by atomic mass is 35.5. The summed E-state index contributed by atoms with van der Waals surface area (Å²) in [6, 6.07) is 3.89. The van der Waals surface area contributed by atoms with Crippen molar-refractivity contribution in [1.29, 1.82) is 0 Å². The highest BCUT2D eigenvalue weighted by Gasteiger charge is 2.07. The second-order valence-electron chi connectivity index (χ2n) is 4.54. The summed E-state index contributed by atoms with van der Waals surface area (Å²) in [5.41, 5.74) is 7.56. The van der Waals surface area contributed by atoms with Crippen molar-refractivity contribution in [3.05, 3.63) is 33.8 Å². The molecule has 0 spiro atoms. The molecule has 1 aromatic rings. The molecule has 0 unspecified atom stereocenters. The van der Waals surface area contributed by atoms with Gasteiger partial charge in [-0.1, -0.05) is 23.2 Å². The minimum absolute atomic E-state index is 0.207. The van der Waals surface area contributed by atoms with E-state index in [2.05, 4.69) is 0 Å². The fourth-order valence-corrected chi connectivity index (χ4v) is 1.97. The number of hydrogen-bond acceptors (Lipinski definition) is 3. The van der Waals surface area contributed by atoms with E-state index in [0.29, 0.717) is 19.8 Å². The lowest BCUT2D eigenvalue weighted by molar-refractivity contribution is 0.302. The van der Waals surface area contributed by atoms with E-state index in [9.17, 15) is 0 Å². The highest BCUT2D eigenvalue weighted by molar-refractivity contribution is 6.55. The van der Waals surface area contributed by atoms with Crippen LogP contribution in [0.5, 0.6) is 11.5 Å². The Bertz CT molecular complexity index is 434. The molecule has 0 aliphatic carbocycles. The molecule has 0 aliphatic rings. The Kier molecular flexibility index (Phi) is 7.82. The van der Waals surface area contributed by atoms with Gasteiger partial charge in [0, 0.05) is 0 Å². The lowest BCUT2D eigenvalue weighted by atomic mass is 10.1. The largest absolute Gasteiger partial charge is 0.493 e. The van der Waals surface area contributed by atoms with E-state index in [0.717, 1.165) is 35.5 Å². The van der Waals surface area contributed by atoms with Gasteiger partial charge in [0.2, 0.25) is 0 Å². The van der Waals surface area contributed by atoms with Gasteiger partial charge in [-0.15, -0.1) is 0 Å². The molecule has 0 radical (unpaired) electrons. The predicted octanol–water partition coefficient (Wildman–Crippen LogP) is 4.12. The zero-order chi connectivity index (χ0) is 15.0. The van der Waals surface area contributed by atoms with Gasteiger partial charge in [0.1, 0.15) is 22.6 Å². The summed E-state index contributed by atoms with van der Waals surface area (Å²) in [6.07, 6.45) is 3.54. The maximum atomic E-state index is 5.80. The number of ether oxygens (including phenoxy) is 2. The zero-order valence-electron chi connectivity index (χ0n) is 11.9. The van der Waals surface area contributed by atoms with Gasteiger partial charge >= 0.3 is 0 Å². The average Bonchev–Trinajstić information content (AvgIpc) is 2.36. The van der Waals surface area contributed by atoms with Gasteiger partial charge in [0.05, 0.1) is 6.61 Å². The van der Waals surface area contributed by atoms with Crippen LogP contribution in [-0.4, -0.2) is 19.8 Å². The molecule has 0 saturated carbocycles. The van der Waals surface area contributed by atoms with Gasteiger partial charge in [-0.05, 0) is 62.6 Å².